The minimum Gasteiger partial charge on any atom is -0.464 e. The summed E-state index contributed by atoms with van der Waals surface area (Å²) in [7, 11) is 1.80. The molecule has 0 saturated carbocycles. The molecule has 0 bridgehead atoms. The van der Waals surface area contributed by atoms with Crippen LogP contribution in [0.2, 0.25) is 0 Å². The van der Waals surface area contributed by atoms with Gasteiger partial charge in [-0.15, -0.1) is 0 Å². The lowest BCUT2D eigenvalue weighted by Gasteiger charge is -2.28. The number of hydrogen-bond acceptors (Lipinski definition) is 7. The molecular weight excluding hydrogens is 314 g/mol. The molecule has 4 rings (SSSR count). The van der Waals surface area contributed by atoms with E-state index in [0.717, 1.165) is 4.57 Å². The molecule has 0 spiro atoms. The molecule has 0 unspecified atom stereocenters. The summed E-state index contributed by atoms with van der Waals surface area (Å²) in [4.78, 5) is 26.7. The molecule has 1 N–H and O–H groups in total. The number of aryl methyl sites for hydroxylation is 1. The van der Waals surface area contributed by atoms with Crippen molar-refractivity contribution in [1.82, 2.24) is 29.3 Å². The van der Waals surface area contributed by atoms with Crippen LogP contribution in [-0.2, 0) is 11.8 Å². The Labute approximate surface area is 136 Å². The lowest BCUT2D eigenvalue weighted by atomic mass is 10.3. The smallest absolute Gasteiger partial charge is 0.418 e. The summed E-state index contributed by atoms with van der Waals surface area (Å²) in [5.74, 6) is 1.03. The number of rotatable bonds is 2. The van der Waals surface area contributed by atoms with E-state index in [1.807, 2.05) is 4.90 Å². The lowest BCUT2D eigenvalue weighted by molar-refractivity contribution is 0.122. The normalized spacial score (nSPS) is 15.1. The molecule has 10 nitrogen and oxygen atoms in total. The number of fused-ring (bicyclic) bond motifs is 1. The second-order valence-corrected chi connectivity index (χ2v) is 5.44. The molecule has 0 atom stereocenters. The first-order valence-electron chi connectivity index (χ1n) is 7.43. The van der Waals surface area contributed by atoms with E-state index in [1.54, 1.807) is 24.1 Å². The Morgan fingerprint density at radius 3 is 2.75 bits per heavy atom. The summed E-state index contributed by atoms with van der Waals surface area (Å²) in [5, 5.41) is 13.5. The zero-order valence-electron chi connectivity index (χ0n) is 13.0. The summed E-state index contributed by atoms with van der Waals surface area (Å²) < 4.78 is 8.02. The number of morpholine rings is 1. The molecule has 1 fully saturated rings. The van der Waals surface area contributed by atoms with Crippen LogP contribution in [0.3, 0.4) is 0 Å². The van der Waals surface area contributed by atoms with Crippen LogP contribution in [0.15, 0.2) is 18.7 Å². The van der Waals surface area contributed by atoms with Gasteiger partial charge in [0.05, 0.1) is 25.0 Å². The van der Waals surface area contributed by atoms with Crippen molar-refractivity contribution in [3.63, 3.8) is 0 Å². The Balaban J connectivity index is 1.93. The van der Waals surface area contributed by atoms with Crippen LogP contribution in [0.1, 0.15) is 0 Å². The third kappa shape index (κ3) is 2.36. The number of ether oxygens (including phenoxy) is 1. The molecule has 0 aromatic carbocycles. The highest BCUT2D eigenvalue weighted by molar-refractivity contribution is 5.90. The maximum atomic E-state index is 11.4. The van der Waals surface area contributed by atoms with Crippen LogP contribution in [0.5, 0.6) is 0 Å². The van der Waals surface area contributed by atoms with Gasteiger partial charge in [-0.25, -0.2) is 24.3 Å². The van der Waals surface area contributed by atoms with Gasteiger partial charge >= 0.3 is 6.09 Å². The van der Waals surface area contributed by atoms with E-state index in [1.165, 1.54) is 6.33 Å². The number of aromatic nitrogens is 6. The van der Waals surface area contributed by atoms with E-state index >= 15 is 0 Å². The second-order valence-electron chi connectivity index (χ2n) is 5.44. The van der Waals surface area contributed by atoms with Gasteiger partial charge in [0.15, 0.2) is 22.8 Å². The van der Waals surface area contributed by atoms with Gasteiger partial charge in [-0.3, -0.25) is 4.68 Å². The van der Waals surface area contributed by atoms with Gasteiger partial charge in [-0.2, -0.15) is 5.10 Å². The summed E-state index contributed by atoms with van der Waals surface area (Å²) in [5.41, 5.74) is 1.44. The number of anilines is 1. The number of carboxylic acid groups (broad SMARTS) is 1. The van der Waals surface area contributed by atoms with Crippen LogP contribution in [0.25, 0.3) is 22.6 Å². The summed E-state index contributed by atoms with van der Waals surface area (Å²) in [6, 6.07) is 0. The molecule has 1 aliphatic rings. The van der Waals surface area contributed by atoms with Crippen molar-refractivity contribution >= 4 is 23.1 Å². The largest absolute Gasteiger partial charge is 0.464 e. The third-order valence-electron chi connectivity index (χ3n) is 3.86. The molecule has 3 aromatic heterocycles. The summed E-state index contributed by atoms with van der Waals surface area (Å²) in [6.07, 6.45) is 3.54. The third-order valence-corrected chi connectivity index (χ3v) is 3.86. The quantitative estimate of drug-likeness (QED) is 0.727. The van der Waals surface area contributed by atoms with Crippen molar-refractivity contribution in [2.75, 3.05) is 31.2 Å². The summed E-state index contributed by atoms with van der Waals surface area (Å²) in [6.45, 7) is 2.51. The maximum Gasteiger partial charge on any atom is 0.418 e. The molecule has 3 aromatic rings. The average molecular weight is 329 g/mol. The van der Waals surface area contributed by atoms with Crippen molar-refractivity contribution < 1.29 is 14.6 Å². The first-order valence-corrected chi connectivity index (χ1v) is 7.43. The van der Waals surface area contributed by atoms with Gasteiger partial charge in [-0.1, -0.05) is 0 Å². The number of carbonyl (C=O) groups is 1. The minimum atomic E-state index is -1.14. The van der Waals surface area contributed by atoms with Gasteiger partial charge in [0.2, 0.25) is 0 Å². The molecule has 24 heavy (non-hydrogen) atoms. The van der Waals surface area contributed by atoms with Crippen LogP contribution in [0, 0.1) is 0 Å². The monoisotopic (exact) mass is 329 g/mol. The van der Waals surface area contributed by atoms with Crippen LogP contribution in [0.4, 0.5) is 10.6 Å². The molecule has 1 saturated heterocycles. The molecule has 0 aliphatic carbocycles. The maximum absolute atomic E-state index is 11.4. The molecule has 1 aliphatic heterocycles. The van der Waals surface area contributed by atoms with E-state index in [0.29, 0.717) is 49.0 Å². The number of hydrogen-bond donors (Lipinski definition) is 1. The SMILES string of the molecule is Cn1cc(-c2nc(N3CCOCC3)c3ncn(C(=O)O)c3n2)cn1. The van der Waals surface area contributed by atoms with Crippen LogP contribution < -0.4 is 4.90 Å². The predicted octanol–water partition coefficient (Wildman–Crippen LogP) is 0.589. The Bertz CT molecular complexity index is 910. The van der Waals surface area contributed by atoms with Gasteiger partial charge in [-0.05, 0) is 0 Å². The zero-order valence-corrected chi connectivity index (χ0v) is 13.0. The highest BCUT2D eigenvalue weighted by Gasteiger charge is 2.22. The number of imidazole rings is 1. The van der Waals surface area contributed by atoms with E-state index < -0.39 is 6.09 Å². The first kappa shape index (κ1) is 14.6. The van der Waals surface area contributed by atoms with Crippen molar-refractivity contribution in [3.05, 3.63) is 18.7 Å². The average Bonchev–Trinajstić information content (AvgIpc) is 3.20. The van der Waals surface area contributed by atoms with Gasteiger partial charge < -0.3 is 14.7 Å². The Morgan fingerprint density at radius 2 is 2.08 bits per heavy atom. The molecule has 10 heteroatoms. The second kappa shape index (κ2) is 5.57. The van der Waals surface area contributed by atoms with Crippen molar-refractivity contribution in [2.24, 2.45) is 7.05 Å². The van der Waals surface area contributed by atoms with Crippen molar-refractivity contribution in [2.45, 2.75) is 0 Å². The van der Waals surface area contributed by atoms with Gasteiger partial charge in [0.1, 0.15) is 6.33 Å². The predicted molar refractivity (Wildman–Crippen MR) is 84.0 cm³/mol. The Hall–Kier alpha value is -3.01. The van der Waals surface area contributed by atoms with Gasteiger partial charge in [0.25, 0.3) is 0 Å². The van der Waals surface area contributed by atoms with Crippen molar-refractivity contribution in [3.8, 4) is 11.4 Å². The fourth-order valence-electron chi connectivity index (χ4n) is 2.69. The van der Waals surface area contributed by atoms with Crippen LogP contribution in [-0.4, -0.2) is 66.8 Å². The molecule has 0 radical (unpaired) electrons. The first-order chi connectivity index (χ1) is 11.6. The zero-order chi connectivity index (χ0) is 16.7. The van der Waals surface area contributed by atoms with E-state index in [4.69, 9.17) is 4.74 Å². The summed E-state index contributed by atoms with van der Waals surface area (Å²) >= 11 is 0. The van der Waals surface area contributed by atoms with E-state index in [9.17, 15) is 9.90 Å². The Morgan fingerprint density at radius 1 is 1.29 bits per heavy atom. The highest BCUT2D eigenvalue weighted by Crippen LogP contribution is 2.27. The topological polar surface area (TPSA) is 111 Å². The minimum absolute atomic E-state index is 0.262. The molecule has 124 valence electrons. The standard InChI is InChI=1S/C14H15N7O3/c1-19-7-9(6-16-19)11-17-12(20-2-4-24-5-3-20)10-13(18-11)21(8-15-10)14(22)23/h6-8H,2-5H2,1H3,(H,22,23). The van der Waals surface area contributed by atoms with Gasteiger partial charge in [0, 0.05) is 26.3 Å². The molecule has 4 heterocycles. The Kier molecular flexibility index (Phi) is 3.38. The van der Waals surface area contributed by atoms with E-state index in [2.05, 4.69) is 20.1 Å². The number of nitrogens with zero attached hydrogens (tertiary/aromatic N) is 7. The van der Waals surface area contributed by atoms with E-state index in [-0.39, 0.29) is 5.65 Å². The highest BCUT2D eigenvalue weighted by atomic mass is 16.5. The van der Waals surface area contributed by atoms with Crippen LogP contribution >= 0.6 is 0 Å². The molecule has 0 amide bonds. The fourth-order valence-corrected chi connectivity index (χ4v) is 2.69. The lowest BCUT2D eigenvalue weighted by Crippen LogP contribution is -2.37. The fraction of sp³-hybridized carbons (Fsp3) is 0.357. The van der Waals surface area contributed by atoms with Crippen molar-refractivity contribution in [1.29, 1.82) is 0 Å². The molecular formula is C14H15N7O3.